The van der Waals surface area contributed by atoms with Crippen molar-refractivity contribution in [3.8, 4) is 6.19 Å². The SMILES string of the molecule is N#Cn1cccc1Sc1ccc(Cl)cc1. The van der Waals surface area contributed by atoms with Crippen LogP contribution in [0.4, 0.5) is 0 Å². The van der Waals surface area contributed by atoms with Crippen LogP contribution in [0.25, 0.3) is 0 Å². The van der Waals surface area contributed by atoms with E-state index < -0.39 is 0 Å². The first kappa shape index (κ1) is 10.2. The molecular formula is C11H7ClN2S. The minimum Gasteiger partial charge on any atom is -0.249 e. The monoisotopic (exact) mass is 234 g/mol. The van der Waals surface area contributed by atoms with E-state index in [4.69, 9.17) is 16.9 Å². The largest absolute Gasteiger partial charge is 0.249 e. The molecule has 4 heteroatoms. The highest BCUT2D eigenvalue weighted by molar-refractivity contribution is 7.99. The average molecular weight is 235 g/mol. The summed E-state index contributed by atoms with van der Waals surface area (Å²) in [6, 6.07) is 11.3. The lowest BCUT2D eigenvalue weighted by molar-refractivity contribution is 0.975. The lowest BCUT2D eigenvalue weighted by Crippen LogP contribution is -1.86. The van der Waals surface area contributed by atoms with Gasteiger partial charge in [0.2, 0.25) is 0 Å². The third-order valence-electron chi connectivity index (χ3n) is 1.86. The van der Waals surface area contributed by atoms with E-state index in [1.165, 1.54) is 16.3 Å². The van der Waals surface area contributed by atoms with Gasteiger partial charge in [-0.2, -0.15) is 5.26 Å². The predicted octanol–water partition coefficient (Wildman–Crippen LogP) is 3.62. The van der Waals surface area contributed by atoms with E-state index in [9.17, 15) is 0 Å². The van der Waals surface area contributed by atoms with Crippen molar-refractivity contribution in [3.63, 3.8) is 0 Å². The molecule has 0 unspecified atom stereocenters. The van der Waals surface area contributed by atoms with Crippen molar-refractivity contribution in [3.05, 3.63) is 47.6 Å². The molecule has 0 N–H and O–H groups in total. The van der Waals surface area contributed by atoms with Crippen molar-refractivity contribution >= 4 is 23.4 Å². The maximum Gasteiger partial charge on any atom is 0.189 e. The van der Waals surface area contributed by atoms with E-state index in [1.54, 1.807) is 6.20 Å². The van der Waals surface area contributed by atoms with Gasteiger partial charge in [-0.15, -0.1) is 0 Å². The summed E-state index contributed by atoms with van der Waals surface area (Å²) >= 11 is 7.32. The number of nitriles is 1. The van der Waals surface area contributed by atoms with E-state index >= 15 is 0 Å². The Labute approximate surface area is 97.1 Å². The highest BCUT2D eigenvalue weighted by Crippen LogP contribution is 2.28. The summed E-state index contributed by atoms with van der Waals surface area (Å²) in [6.45, 7) is 0. The zero-order valence-electron chi connectivity index (χ0n) is 7.72. The van der Waals surface area contributed by atoms with Crippen molar-refractivity contribution in [2.45, 2.75) is 9.92 Å². The molecule has 0 atom stereocenters. The van der Waals surface area contributed by atoms with Crippen molar-refractivity contribution in [1.82, 2.24) is 4.57 Å². The summed E-state index contributed by atoms with van der Waals surface area (Å²) in [5.74, 6) is 0. The van der Waals surface area contributed by atoms with E-state index in [-0.39, 0.29) is 0 Å². The summed E-state index contributed by atoms with van der Waals surface area (Å²) in [7, 11) is 0. The number of halogens is 1. The molecule has 0 radical (unpaired) electrons. The van der Waals surface area contributed by atoms with Crippen molar-refractivity contribution in [2.24, 2.45) is 0 Å². The first-order chi connectivity index (χ1) is 7.29. The Kier molecular flexibility index (Phi) is 3.00. The van der Waals surface area contributed by atoms with Crippen molar-refractivity contribution < 1.29 is 0 Å². The van der Waals surface area contributed by atoms with Crippen molar-refractivity contribution in [1.29, 1.82) is 5.26 Å². The fourth-order valence-corrected chi connectivity index (χ4v) is 2.14. The van der Waals surface area contributed by atoms with Crippen LogP contribution in [0.1, 0.15) is 0 Å². The summed E-state index contributed by atoms with van der Waals surface area (Å²) in [4.78, 5) is 1.06. The number of nitrogens with zero attached hydrogens (tertiary/aromatic N) is 2. The molecule has 2 rings (SSSR count). The lowest BCUT2D eigenvalue weighted by atomic mass is 10.4. The van der Waals surface area contributed by atoms with E-state index in [0.29, 0.717) is 0 Å². The Morgan fingerprint density at radius 2 is 1.93 bits per heavy atom. The van der Waals surface area contributed by atoms with Gasteiger partial charge in [0.25, 0.3) is 0 Å². The second-order valence-electron chi connectivity index (χ2n) is 2.87. The molecule has 1 aromatic carbocycles. The molecule has 2 nitrogen and oxygen atoms in total. The molecule has 0 aliphatic heterocycles. The van der Waals surface area contributed by atoms with Crippen LogP contribution < -0.4 is 0 Å². The fourth-order valence-electron chi connectivity index (χ4n) is 1.15. The van der Waals surface area contributed by atoms with Crippen LogP contribution in [-0.2, 0) is 0 Å². The molecule has 15 heavy (non-hydrogen) atoms. The molecule has 1 aromatic heterocycles. The van der Waals surface area contributed by atoms with Crippen LogP contribution >= 0.6 is 23.4 Å². The van der Waals surface area contributed by atoms with Crippen LogP contribution in [0.3, 0.4) is 0 Å². The zero-order valence-corrected chi connectivity index (χ0v) is 9.29. The van der Waals surface area contributed by atoms with Gasteiger partial charge in [0.1, 0.15) is 0 Å². The molecule has 0 amide bonds. The first-order valence-corrected chi connectivity index (χ1v) is 5.50. The van der Waals surface area contributed by atoms with Gasteiger partial charge in [-0.1, -0.05) is 23.4 Å². The zero-order chi connectivity index (χ0) is 10.7. The van der Waals surface area contributed by atoms with E-state index in [0.717, 1.165) is 14.9 Å². The molecule has 0 spiro atoms. The molecule has 0 bridgehead atoms. The van der Waals surface area contributed by atoms with E-state index in [2.05, 4.69) is 6.19 Å². The van der Waals surface area contributed by atoms with Gasteiger partial charge in [-0.3, -0.25) is 0 Å². The van der Waals surface area contributed by atoms with Gasteiger partial charge < -0.3 is 0 Å². The molecule has 1 heterocycles. The molecule has 0 aliphatic rings. The van der Waals surface area contributed by atoms with Gasteiger partial charge in [0, 0.05) is 16.1 Å². The Balaban J connectivity index is 2.23. The molecule has 2 aromatic rings. The minimum atomic E-state index is 0.718. The number of aromatic nitrogens is 1. The standard InChI is InChI=1S/C11H7ClN2S/c12-9-3-5-10(6-4-9)15-11-2-1-7-14(11)8-13/h1-7H. The van der Waals surface area contributed by atoms with Crippen LogP contribution in [0.2, 0.25) is 5.02 Å². The maximum absolute atomic E-state index is 8.81. The molecule has 0 aliphatic carbocycles. The van der Waals surface area contributed by atoms with Crippen LogP contribution in [-0.4, -0.2) is 4.57 Å². The predicted molar refractivity (Wildman–Crippen MR) is 61.0 cm³/mol. The minimum absolute atomic E-state index is 0.718. The number of hydrogen-bond donors (Lipinski definition) is 0. The topological polar surface area (TPSA) is 28.7 Å². The second-order valence-corrected chi connectivity index (χ2v) is 4.40. The normalized spacial score (nSPS) is 9.87. The number of hydrogen-bond acceptors (Lipinski definition) is 2. The maximum atomic E-state index is 8.81. The Bertz CT molecular complexity index is 496. The Morgan fingerprint density at radius 3 is 2.60 bits per heavy atom. The van der Waals surface area contributed by atoms with Gasteiger partial charge in [0.05, 0.1) is 5.03 Å². The Morgan fingerprint density at radius 1 is 1.20 bits per heavy atom. The van der Waals surface area contributed by atoms with Gasteiger partial charge in [-0.05, 0) is 36.4 Å². The molecule has 0 saturated carbocycles. The molecular weight excluding hydrogens is 228 g/mol. The Hall–Kier alpha value is -1.37. The van der Waals surface area contributed by atoms with E-state index in [1.807, 2.05) is 36.4 Å². The molecule has 0 fully saturated rings. The highest BCUT2D eigenvalue weighted by atomic mass is 35.5. The number of rotatable bonds is 2. The molecule has 0 saturated heterocycles. The molecule has 74 valence electrons. The van der Waals surface area contributed by atoms with Crippen molar-refractivity contribution in [2.75, 3.05) is 0 Å². The second kappa shape index (κ2) is 4.43. The van der Waals surface area contributed by atoms with Crippen LogP contribution in [0.5, 0.6) is 0 Å². The number of benzene rings is 1. The summed E-state index contributed by atoms with van der Waals surface area (Å²) in [5, 5.41) is 10.4. The summed E-state index contributed by atoms with van der Waals surface area (Å²) in [6.07, 6.45) is 3.81. The van der Waals surface area contributed by atoms with Gasteiger partial charge in [-0.25, -0.2) is 4.57 Å². The van der Waals surface area contributed by atoms with Crippen LogP contribution in [0, 0.1) is 11.5 Å². The lowest BCUT2D eigenvalue weighted by Gasteiger charge is -2.00. The first-order valence-electron chi connectivity index (χ1n) is 4.30. The third-order valence-corrected chi connectivity index (χ3v) is 3.16. The third kappa shape index (κ3) is 2.35. The summed E-state index contributed by atoms with van der Waals surface area (Å²) < 4.78 is 1.53. The fraction of sp³-hybridized carbons (Fsp3) is 0. The average Bonchev–Trinajstić information content (AvgIpc) is 2.69. The quantitative estimate of drug-likeness (QED) is 0.794. The van der Waals surface area contributed by atoms with Crippen LogP contribution in [0.15, 0.2) is 52.5 Å². The van der Waals surface area contributed by atoms with Gasteiger partial charge >= 0.3 is 0 Å². The smallest absolute Gasteiger partial charge is 0.189 e. The highest BCUT2D eigenvalue weighted by Gasteiger charge is 2.02. The summed E-state index contributed by atoms with van der Waals surface area (Å²) in [5.41, 5.74) is 0. The van der Waals surface area contributed by atoms with Gasteiger partial charge in [0.15, 0.2) is 6.19 Å².